The number of amides is 3. The topological polar surface area (TPSA) is 108 Å². The molecule has 194 valence electrons. The molecule has 2 unspecified atom stereocenters. The van der Waals surface area contributed by atoms with Crippen molar-refractivity contribution in [1.29, 1.82) is 0 Å². The van der Waals surface area contributed by atoms with Crippen LogP contribution in [0.3, 0.4) is 0 Å². The van der Waals surface area contributed by atoms with Gasteiger partial charge in [-0.3, -0.25) is 9.59 Å². The molecule has 2 aromatic carbocycles. The van der Waals surface area contributed by atoms with E-state index in [1.807, 2.05) is 25.1 Å². The number of nitrogens with one attached hydrogen (secondary N) is 2. The van der Waals surface area contributed by atoms with Gasteiger partial charge < -0.3 is 25.4 Å². The highest BCUT2D eigenvalue weighted by Gasteiger charge is 2.44. The van der Waals surface area contributed by atoms with Gasteiger partial charge in [0.05, 0.1) is 0 Å². The number of phenolic OH excluding ortho intramolecular Hbond substituents is 1. The predicted octanol–water partition coefficient (Wildman–Crippen LogP) is 4.50. The van der Waals surface area contributed by atoms with Crippen molar-refractivity contribution in [1.82, 2.24) is 10.2 Å². The van der Waals surface area contributed by atoms with E-state index in [9.17, 15) is 19.5 Å². The Kier molecular flexibility index (Phi) is 8.55. The third kappa shape index (κ3) is 6.94. The number of ether oxygens (including phenoxy) is 1. The Morgan fingerprint density at radius 1 is 1.11 bits per heavy atom. The quantitative estimate of drug-likeness (QED) is 0.389. The van der Waals surface area contributed by atoms with Crippen molar-refractivity contribution in [3.05, 3.63) is 59.2 Å². The highest BCUT2D eigenvalue weighted by molar-refractivity contribution is 7.80. The lowest BCUT2D eigenvalue weighted by molar-refractivity contribution is -0.141. The van der Waals surface area contributed by atoms with Crippen LogP contribution in [0.4, 0.5) is 10.5 Å². The molecule has 0 radical (unpaired) electrons. The van der Waals surface area contributed by atoms with E-state index in [0.717, 1.165) is 18.4 Å². The van der Waals surface area contributed by atoms with Crippen LogP contribution in [0.15, 0.2) is 42.5 Å². The van der Waals surface area contributed by atoms with E-state index in [2.05, 4.69) is 23.3 Å². The standard InChI is InChI=1S/C27H35N3O5S/c1-16-8-6-7-9-20(16)28-24(32)23(18-10-13-22(31)17(2)14-18)30(19-11-12-19)25(33)21(15-36)29-26(34)35-27(3,4)5/h6-10,13-14,19,21,23,31,36H,11-12,15H2,1-5H3,(H,28,32)(H,29,34). The van der Waals surface area contributed by atoms with Crippen molar-refractivity contribution < 1.29 is 24.2 Å². The summed E-state index contributed by atoms with van der Waals surface area (Å²) < 4.78 is 5.33. The number of phenols is 1. The molecule has 2 atom stereocenters. The number of rotatable bonds is 8. The average molecular weight is 514 g/mol. The summed E-state index contributed by atoms with van der Waals surface area (Å²) in [6.45, 7) is 8.83. The van der Waals surface area contributed by atoms with E-state index in [1.54, 1.807) is 45.9 Å². The fourth-order valence-electron chi connectivity index (χ4n) is 3.89. The maximum Gasteiger partial charge on any atom is 0.408 e. The summed E-state index contributed by atoms with van der Waals surface area (Å²) in [5.41, 5.74) is 1.94. The molecule has 9 heteroatoms. The van der Waals surface area contributed by atoms with E-state index in [0.29, 0.717) is 16.8 Å². The third-order valence-corrected chi connectivity index (χ3v) is 6.20. The smallest absolute Gasteiger partial charge is 0.408 e. The minimum Gasteiger partial charge on any atom is -0.508 e. The number of nitrogens with zero attached hydrogens (tertiary/aromatic N) is 1. The Hall–Kier alpha value is -3.20. The molecule has 3 N–H and O–H groups in total. The van der Waals surface area contributed by atoms with E-state index in [4.69, 9.17) is 4.74 Å². The molecule has 0 aromatic heterocycles. The SMILES string of the molecule is Cc1cc(C(C(=O)Nc2ccccc2C)N(C(=O)C(CS)NC(=O)OC(C)(C)C)C2CC2)ccc1O. The highest BCUT2D eigenvalue weighted by Crippen LogP contribution is 2.37. The number of carbonyl (C=O) groups excluding carboxylic acids is 3. The van der Waals surface area contributed by atoms with Gasteiger partial charge in [-0.25, -0.2) is 4.79 Å². The number of anilines is 1. The first-order valence-corrected chi connectivity index (χ1v) is 12.6. The number of aryl methyl sites for hydroxylation is 2. The van der Waals surface area contributed by atoms with E-state index < -0.39 is 29.7 Å². The molecular formula is C27H35N3O5S. The number of alkyl carbamates (subject to hydrolysis) is 1. The van der Waals surface area contributed by atoms with Crippen LogP contribution in [-0.4, -0.2) is 51.4 Å². The lowest BCUT2D eigenvalue weighted by Gasteiger charge is -2.34. The molecule has 3 amide bonds. The molecule has 1 saturated carbocycles. The summed E-state index contributed by atoms with van der Waals surface area (Å²) in [5, 5.41) is 15.6. The van der Waals surface area contributed by atoms with Gasteiger partial charge in [0, 0.05) is 17.5 Å². The summed E-state index contributed by atoms with van der Waals surface area (Å²) in [6, 6.07) is 10.1. The molecule has 2 aromatic rings. The number of hydrogen-bond donors (Lipinski definition) is 4. The van der Waals surface area contributed by atoms with Crippen LogP contribution in [0.25, 0.3) is 0 Å². The number of para-hydroxylation sites is 1. The van der Waals surface area contributed by atoms with Crippen molar-refractivity contribution in [3.63, 3.8) is 0 Å². The normalized spacial score (nSPS) is 14.9. The molecule has 0 saturated heterocycles. The van der Waals surface area contributed by atoms with Crippen molar-refractivity contribution in [2.45, 2.75) is 71.2 Å². The second kappa shape index (κ2) is 11.2. The van der Waals surface area contributed by atoms with Crippen molar-refractivity contribution in [2.75, 3.05) is 11.1 Å². The van der Waals surface area contributed by atoms with Crippen LogP contribution >= 0.6 is 12.6 Å². The Morgan fingerprint density at radius 3 is 2.33 bits per heavy atom. The van der Waals surface area contributed by atoms with Gasteiger partial charge in [-0.1, -0.05) is 24.3 Å². The van der Waals surface area contributed by atoms with E-state index >= 15 is 0 Å². The van der Waals surface area contributed by atoms with Crippen LogP contribution in [0.5, 0.6) is 5.75 Å². The number of benzene rings is 2. The van der Waals surface area contributed by atoms with E-state index in [1.165, 1.54) is 11.0 Å². The highest BCUT2D eigenvalue weighted by atomic mass is 32.1. The molecule has 36 heavy (non-hydrogen) atoms. The van der Waals surface area contributed by atoms with Gasteiger partial charge in [0.1, 0.15) is 23.4 Å². The van der Waals surface area contributed by atoms with Gasteiger partial charge in [0.25, 0.3) is 5.91 Å². The summed E-state index contributed by atoms with van der Waals surface area (Å²) in [6.07, 6.45) is 0.748. The largest absolute Gasteiger partial charge is 0.508 e. The lowest BCUT2D eigenvalue weighted by Crippen LogP contribution is -2.54. The maximum absolute atomic E-state index is 13.8. The Balaban J connectivity index is 1.98. The number of thiol groups is 1. The minimum atomic E-state index is -0.990. The third-order valence-electron chi connectivity index (χ3n) is 5.83. The average Bonchev–Trinajstić information content (AvgIpc) is 3.62. The van der Waals surface area contributed by atoms with Crippen LogP contribution in [-0.2, 0) is 14.3 Å². The first kappa shape index (κ1) is 27.4. The first-order valence-electron chi connectivity index (χ1n) is 12.0. The maximum atomic E-state index is 13.8. The number of aromatic hydroxyl groups is 1. The molecule has 0 bridgehead atoms. The van der Waals surface area contributed by atoms with Crippen molar-refractivity contribution in [3.8, 4) is 5.75 Å². The van der Waals surface area contributed by atoms with Gasteiger partial charge in [-0.05, 0) is 82.3 Å². The summed E-state index contributed by atoms with van der Waals surface area (Å²) >= 11 is 4.30. The van der Waals surface area contributed by atoms with Crippen molar-refractivity contribution >= 4 is 36.2 Å². The van der Waals surface area contributed by atoms with Gasteiger partial charge in [0.2, 0.25) is 5.91 Å². The summed E-state index contributed by atoms with van der Waals surface area (Å²) in [5.74, 6) is -0.679. The molecule has 1 fully saturated rings. The van der Waals surface area contributed by atoms with Crippen LogP contribution in [0.2, 0.25) is 0 Å². The van der Waals surface area contributed by atoms with Crippen LogP contribution in [0, 0.1) is 13.8 Å². The fraction of sp³-hybridized carbons (Fsp3) is 0.444. The zero-order valence-corrected chi connectivity index (χ0v) is 22.3. The Morgan fingerprint density at radius 2 is 1.78 bits per heavy atom. The van der Waals surface area contributed by atoms with Gasteiger partial charge in [-0.2, -0.15) is 12.6 Å². The lowest BCUT2D eigenvalue weighted by atomic mass is 10.00. The van der Waals surface area contributed by atoms with Crippen molar-refractivity contribution in [2.24, 2.45) is 0 Å². The first-order chi connectivity index (χ1) is 16.9. The predicted molar refractivity (Wildman–Crippen MR) is 142 cm³/mol. The zero-order chi connectivity index (χ0) is 26.6. The molecule has 1 aliphatic carbocycles. The minimum absolute atomic E-state index is 0.0298. The van der Waals surface area contributed by atoms with Gasteiger partial charge >= 0.3 is 6.09 Å². The second-order valence-electron chi connectivity index (χ2n) is 10.1. The second-order valence-corrected chi connectivity index (χ2v) is 10.5. The molecule has 0 aliphatic heterocycles. The molecule has 0 heterocycles. The molecule has 0 spiro atoms. The van der Waals surface area contributed by atoms with Gasteiger partial charge in [-0.15, -0.1) is 0 Å². The van der Waals surface area contributed by atoms with E-state index in [-0.39, 0.29) is 23.5 Å². The number of hydrogen-bond acceptors (Lipinski definition) is 6. The zero-order valence-electron chi connectivity index (χ0n) is 21.4. The summed E-state index contributed by atoms with van der Waals surface area (Å²) in [7, 11) is 0. The Labute approximate surface area is 217 Å². The number of carbonyl (C=O) groups is 3. The summed E-state index contributed by atoms with van der Waals surface area (Å²) in [4.78, 5) is 41.6. The van der Waals surface area contributed by atoms with Gasteiger partial charge in [0.15, 0.2) is 0 Å². The fourth-order valence-corrected chi connectivity index (χ4v) is 4.13. The van der Waals surface area contributed by atoms with Crippen LogP contribution in [0.1, 0.15) is 56.3 Å². The van der Waals surface area contributed by atoms with Crippen LogP contribution < -0.4 is 10.6 Å². The Bertz CT molecular complexity index is 1130. The molecule has 1 aliphatic rings. The monoisotopic (exact) mass is 513 g/mol. The molecular weight excluding hydrogens is 478 g/mol. The molecule has 8 nitrogen and oxygen atoms in total. The molecule has 3 rings (SSSR count).